The second kappa shape index (κ2) is 7.58. The second-order valence-corrected chi connectivity index (χ2v) is 7.88. The van der Waals surface area contributed by atoms with E-state index in [1.807, 2.05) is 0 Å². The molecular formula is C21H17ClF4N2O2. The summed E-state index contributed by atoms with van der Waals surface area (Å²) in [7, 11) is 0. The van der Waals surface area contributed by atoms with Gasteiger partial charge in [0.1, 0.15) is 12.4 Å². The Hall–Kier alpha value is -2.61. The standard InChI is InChI=1S/C21H17ClF4N2O2/c22-18-8-15(23)3-4-16(18)17-5-6-27(20(17)30)11-19(29)28-9-12-1-2-14(21(24,25)26)7-13(12)10-28/h2-4,7-9,17H,1,5-6,10-11H2. The van der Waals surface area contributed by atoms with Gasteiger partial charge in [0.2, 0.25) is 11.8 Å². The third kappa shape index (κ3) is 3.88. The highest BCUT2D eigenvalue weighted by atomic mass is 35.5. The van der Waals surface area contributed by atoms with Gasteiger partial charge < -0.3 is 9.80 Å². The molecule has 1 saturated heterocycles. The molecule has 2 amide bonds. The predicted molar refractivity (Wildman–Crippen MR) is 102 cm³/mol. The Morgan fingerprint density at radius 2 is 2.00 bits per heavy atom. The van der Waals surface area contributed by atoms with E-state index in [-0.39, 0.29) is 36.3 Å². The first-order chi connectivity index (χ1) is 14.1. The summed E-state index contributed by atoms with van der Waals surface area (Å²) < 4.78 is 52.0. The van der Waals surface area contributed by atoms with Crippen LogP contribution in [0.5, 0.6) is 0 Å². The molecule has 0 spiro atoms. The molecule has 1 aromatic rings. The summed E-state index contributed by atoms with van der Waals surface area (Å²) in [5.74, 6) is -1.69. The van der Waals surface area contributed by atoms with Crippen molar-refractivity contribution >= 4 is 23.4 Å². The van der Waals surface area contributed by atoms with Crippen LogP contribution in [0, 0.1) is 5.82 Å². The monoisotopic (exact) mass is 440 g/mol. The van der Waals surface area contributed by atoms with Crippen molar-refractivity contribution in [2.45, 2.75) is 24.9 Å². The van der Waals surface area contributed by atoms with E-state index < -0.39 is 23.5 Å². The molecule has 158 valence electrons. The summed E-state index contributed by atoms with van der Waals surface area (Å²) in [5.41, 5.74) is 0.933. The number of benzene rings is 1. The summed E-state index contributed by atoms with van der Waals surface area (Å²) >= 11 is 6.06. The highest BCUT2D eigenvalue weighted by molar-refractivity contribution is 6.31. The number of alkyl halides is 3. The third-order valence-corrected chi connectivity index (χ3v) is 5.87. The number of allylic oxidation sites excluding steroid dienone is 3. The zero-order valence-corrected chi connectivity index (χ0v) is 16.4. The minimum Gasteiger partial charge on any atom is -0.333 e. The minimum absolute atomic E-state index is 0.0524. The molecular weight excluding hydrogens is 424 g/mol. The first kappa shape index (κ1) is 20.7. The molecule has 9 heteroatoms. The van der Waals surface area contributed by atoms with Gasteiger partial charge in [-0.15, -0.1) is 0 Å². The molecule has 4 rings (SSSR count). The first-order valence-corrected chi connectivity index (χ1v) is 9.73. The average Bonchev–Trinajstić information content (AvgIpc) is 3.25. The molecule has 1 aliphatic carbocycles. The van der Waals surface area contributed by atoms with Gasteiger partial charge in [0, 0.05) is 17.8 Å². The molecule has 0 radical (unpaired) electrons. The maximum atomic E-state index is 13.3. The summed E-state index contributed by atoms with van der Waals surface area (Å²) in [6.45, 7) is 0.220. The van der Waals surface area contributed by atoms with Crippen LogP contribution in [0.4, 0.5) is 17.6 Å². The van der Waals surface area contributed by atoms with Gasteiger partial charge in [0.15, 0.2) is 0 Å². The topological polar surface area (TPSA) is 40.6 Å². The van der Waals surface area contributed by atoms with Gasteiger partial charge in [0.05, 0.1) is 18.0 Å². The van der Waals surface area contributed by atoms with Gasteiger partial charge in [-0.3, -0.25) is 9.59 Å². The van der Waals surface area contributed by atoms with Crippen LogP contribution in [0.3, 0.4) is 0 Å². The summed E-state index contributed by atoms with van der Waals surface area (Å²) in [4.78, 5) is 28.2. The molecule has 1 aromatic carbocycles. The number of hydrogen-bond donors (Lipinski definition) is 0. The molecule has 1 unspecified atom stereocenters. The van der Waals surface area contributed by atoms with Crippen molar-refractivity contribution in [2.24, 2.45) is 0 Å². The van der Waals surface area contributed by atoms with E-state index in [1.54, 1.807) is 6.20 Å². The first-order valence-electron chi connectivity index (χ1n) is 9.35. The Morgan fingerprint density at radius 1 is 1.23 bits per heavy atom. The van der Waals surface area contributed by atoms with Crippen LogP contribution in [0.2, 0.25) is 5.02 Å². The maximum Gasteiger partial charge on any atom is 0.416 e. The fourth-order valence-corrected chi connectivity index (χ4v) is 4.27. The molecule has 2 aliphatic heterocycles. The maximum absolute atomic E-state index is 13.3. The number of nitrogens with zero attached hydrogens (tertiary/aromatic N) is 2. The quantitative estimate of drug-likeness (QED) is 0.656. The normalized spacial score (nSPS) is 21.4. The van der Waals surface area contributed by atoms with E-state index in [9.17, 15) is 27.2 Å². The number of fused-ring (bicyclic) bond motifs is 1. The molecule has 1 fully saturated rings. The fraction of sp³-hybridized carbons (Fsp3) is 0.333. The highest BCUT2D eigenvalue weighted by Gasteiger charge is 2.38. The molecule has 2 heterocycles. The average molecular weight is 441 g/mol. The predicted octanol–water partition coefficient (Wildman–Crippen LogP) is 4.34. The van der Waals surface area contributed by atoms with Crippen LogP contribution >= 0.6 is 11.6 Å². The van der Waals surface area contributed by atoms with E-state index in [0.29, 0.717) is 29.7 Å². The largest absolute Gasteiger partial charge is 0.416 e. The van der Waals surface area contributed by atoms with Crippen molar-refractivity contribution < 1.29 is 27.2 Å². The fourth-order valence-electron chi connectivity index (χ4n) is 3.97. The zero-order valence-electron chi connectivity index (χ0n) is 15.7. The van der Waals surface area contributed by atoms with Crippen LogP contribution in [-0.4, -0.2) is 47.4 Å². The van der Waals surface area contributed by atoms with Gasteiger partial charge in [0.25, 0.3) is 0 Å². The van der Waals surface area contributed by atoms with Crippen molar-refractivity contribution in [1.82, 2.24) is 9.80 Å². The van der Waals surface area contributed by atoms with Crippen molar-refractivity contribution in [2.75, 3.05) is 19.6 Å². The van der Waals surface area contributed by atoms with Crippen molar-refractivity contribution in [3.8, 4) is 0 Å². The molecule has 3 aliphatic rings. The van der Waals surface area contributed by atoms with Crippen LogP contribution in [0.1, 0.15) is 24.3 Å². The van der Waals surface area contributed by atoms with E-state index in [4.69, 9.17) is 11.6 Å². The number of carbonyl (C=O) groups is 2. The van der Waals surface area contributed by atoms with Crippen LogP contribution < -0.4 is 0 Å². The Balaban J connectivity index is 1.41. The number of rotatable bonds is 3. The van der Waals surface area contributed by atoms with E-state index in [1.165, 1.54) is 21.9 Å². The van der Waals surface area contributed by atoms with Gasteiger partial charge in [-0.05, 0) is 47.8 Å². The van der Waals surface area contributed by atoms with Gasteiger partial charge in [-0.1, -0.05) is 23.7 Å². The van der Waals surface area contributed by atoms with Crippen molar-refractivity contribution in [3.63, 3.8) is 0 Å². The Morgan fingerprint density at radius 3 is 2.70 bits per heavy atom. The molecule has 30 heavy (non-hydrogen) atoms. The van der Waals surface area contributed by atoms with Gasteiger partial charge in [-0.25, -0.2) is 4.39 Å². The molecule has 0 saturated carbocycles. The van der Waals surface area contributed by atoms with Crippen LogP contribution in [0.25, 0.3) is 0 Å². The highest BCUT2D eigenvalue weighted by Crippen LogP contribution is 2.37. The Kier molecular flexibility index (Phi) is 5.22. The second-order valence-electron chi connectivity index (χ2n) is 7.47. The minimum atomic E-state index is -4.42. The lowest BCUT2D eigenvalue weighted by atomic mass is 9.96. The smallest absolute Gasteiger partial charge is 0.333 e. The van der Waals surface area contributed by atoms with E-state index in [0.717, 1.165) is 18.2 Å². The molecule has 0 aromatic heterocycles. The lowest BCUT2D eigenvalue weighted by Crippen LogP contribution is -2.38. The van der Waals surface area contributed by atoms with Gasteiger partial charge in [-0.2, -0.15) is 13.2 Å². The third-order valence-electron chi connectivity index (χ3n) is 5.55. The number of likely N-dealkylation sites (tertiary alicyclic amines) is 1. The van der Waals surface area contributed by atoms with Gasteiger partial charge >= 0.3 is 6.18 Å². The number of halogens is 5. The number of hydrogen-bond acceptors (Lipinski definition) is 2. The SMILES string of the molecule is O=C(CN1CCC(c2ccc(F)cc2Cl)C1=O)N1C=C2CC=C(C(F)(F)F)C=C2C1. The summed E-state index contributed by atoms with van der Waals surface area (Å²) in [6.07, 6.45) is -0.150. The molecule has 4 nitrogen and oxygen atoms in total. The number of amides is 2. The lowest BCUT2D eigenvalue weighted by Gasteiger charge is -2.20. The van der Waals surface area contributed by atoms with Crippen molar-refractivity contribution in [1.29, 1.82) is 0 Å². The zero-order chi connectivity index (χ0) is 21.6. The lowest BCUT2D eigenvalue weighted by molar-refractivity contribution is -0.137. The summed E-state index contributed by atoms with van der Waals surface area (Å²) in [6, 6.07) is 3.85. The molecule has 0 N–H and O–H groups in total. The van der Waals surface area contributed by atoms with Crippen LogP contribution in [-0.2, 0) is 9.59 Å². The van der Waals surface area contributed by atoms with E-state index >= 15 is 0 Å². The van der Waals surface area contributed by atoms with E-state index in [2.05, 4.69) is 0 Å². The Labute approximate surface area is 175 Å². The molecule has 0 bridgehead atoms. The van der Waals surface area contributed by atoms with Crippen molar-refractivity contribution in [3.05, 3.63) is 69.7 Å². The summed E-state index contributed by atoms with van der Waals surface area (Å²) in [5, 5.41) is 0.162. The molecule has 1 atom stereocenters. The number of carbonyl (C=O) groups excluding carboxylic acids is 2. The van der Waals surface area contributed by atoms with Crippen LogP contribution in [0.15, 0.2) is 53.3 Å². The Bertz CT molecular complexity index is 1010.